The largest absolute Gasteiger partial charge is 0.350 e. The van der Waals surface area contributed by atoms with E-state index in [2.05, 4.69) is 17.6 Å². The molecule has 0 saturated heterocycles. The molecular formula is C16H22N2O2. The summed E-state index contributed by atoms with van der Waals surface area (Å²) in [6, 6.07) is 7.27. The molecule has 1 fully saturated rings. The molecule has 4 nitrogen and oxygen atoms in total. The second-order valence-corrected chi connectivity index (χ2v) is 5.64. The number of carbonyl (C=O) groups excluding carboxylic acids is 2. The molecule has 0 spiro atoms. The van der Waals surface area contributed by atoms with Crippen LogP contribution in [0, 0.1) is 11.8 Å². The molecular weight excluding hydrogens is 252 g/mol. The number of hydrogen-bond donors (Lipinski definition) is 2. The average molecular weight is 274 g/mol. The predicted molar refractivity (Wildman–Crippen MR) is 79.6 cm³/mol. The highest BCUT2D eigenvalue weighted by atomic mass is 16.2. The van der Waals surface area contributed by atoms with Crippen LogP contribution in [0.3, 0.4) is 0 Å². The van der Waals surface area contributed by atoms with Crippen molar-refractivity contribution in [3.63, 3.8) is 0 Å². The first kappa shape index (κ1) is 14.6. The first-order valence-electron chi connectivity index (χ1n) is 7.23. The molecule has 108 valence electrons. The molecule has 0 radical (unpaired) electrons. The van der Waals surface area contributed by atoms with Crippen LogP contribution in [0.2, 0.25) is 0 Å². The van der Waals surface area contributed by atoms with E-state index in [4.69, 9.17) is 0 Å². The van der Waals surface area contributed by atoms with Crippen LogP contribution in [0.4, 0.5) is 5.69 Å². The molecule has 3 unspecified atom stereocenters. The highest BCUT2D eigenvalue weighted by Gasteiger charge is 2.39. The van der Waals surface area contributed by atoms with Gasteiger partial charge in [0.1, 0.15) is 0 Å². The molecule has 0 aliphatic heterocycles. The van der Waals surface area contributed by atoms with Gasteiger partial charge in [-0.2, -0.15) is 0 Å². The Balaban J connectivity index is 2.09. The highest BCUT2D eigenvalue weighted by molar-refractivity contribution is 6.04. The molecule has 4 heteroatoms. The van der Waals surface area contributed by atoms with Crippen molar-refractivity contribution in [1.29, 1.82) is 0 Å². The minimum Gasteiger partial charge on any atom is -0.350 e. The van der Waals surface area contributed by atoms with Crippen molar-refractivity contribution in [1.82, 2.24) is 5.32 Å². The van der Waals surface area contributed by atoms with E-state index in [-0.39, 0.29) is 23.8 Å². The minimum absolute atomic E-state index is 0.0151. The zero-order valence-corrected chi connectivity index (χ0v) is 12.3. The van der Waals surface area contributed by atoms with Crippen molar-refractivity contribution < 1.29 is 9.59 Å². The van der Waals surface area contributed by atoms with Gasteiger partial charge in [-0.1, -0.05) is 26.0 Å². The van der Waals surface area contributed by atoms with Gasteiger partial charge in [0.25, 0.3) is 5.91 Å². The standard InChI is InChI=1S/C16H22N2O2/c1-4-11(3)17-15(19)12-7-5-6-8-14(12)18-16(20)13-9-10(13)2/h5-8,10-11,13H,4,9H2,1-3H3,(H,17,19)(H,18,20). The summed E-state index contributed by atoms with van der Waals surface area (Å²) < 4.78 is 0. The summed E-state index contributed by atoms with van der Waals surface area (Å²) in [6.45, 7) is 6.05. The van der Waals surface area contributed by atoms with Crippen molar-refractivity contribution >= 4 is 17.5 Å². The normalized spacial score (nSPS) is 21.9. The fraction of sp³-hybridized carbons (Fsp3) is 0.500. The number of amides is 2. The summed E-state index contributed by atoms with van der Waals surface area (Å²) in [7, 11) is 0. The molecule has 1 aromatic carbocycles. The van der Waals surface area contributed by atoms with E-state index in [1.165, 1.54) is 0 Å². The maximum atomic E-state index is 12.2. The van der Waals surface area contributed by atoms with Gasteiger partial charge >= 0.3 is 0 Å². The lowest BCUT2D eigenvalue weighted by molar-refractivity contribution is -0.117. The number of hydrogen-bond acceptors (Lipinski definition) is 2. The lowest BCUT2D eigenvalue weighted by atomic mass is 10.1. The van der Waals surface area contributed by atoms with Gasteiger partial charge in [0, 0.05) is 12.0 Å². The van der Waals surface area contributed by atoms with E-state index in [0.717, 1.165) is 12.8 Å². The van der Waals surface area contributed by atoms with Crippen LogP contribution in [0.25, 0.3) is 0 Å². The van der Waals surface area contributed by atoms with E-state index >= 15 is 0 Å². The Morgan fingerprint density at radius 1 is 1.35 bits per heavy atom. The van der Waals surface area contributed by atoms with Gasteiger partial charge in [-0.25, -0.2) is 0 Å². The Bertz CT molecular complexity index is 513. The van der Waals surface area contributed by atoms with Crippen molar-refractivity contribution in [2.75, 3.05) is 5.32 Å². The van der Waals surface area contributed by atoms with Crippen LogP contribution in [0.1, 0.15) is 44.0 Å². The van der Waals surface area contributed by atoms with E-state index in [1.54, 1.807) is 18.2 Å². The average Bonchev–Trinajstić information content (AvgIpc) is 3.16. The van der Waals surface area contributed by atoms with Gasteiger partial charge in [0.15, 0.2) is 0 Å². The number of para-hydroxylation sites is 1. The second kappa shape index (κ2) is 6.07. The van der Waals surface area contributed by atoms with Crippen molar-refractivity contribution in [3.05, 3.63) is 29.8 Å². The Morgan fingerprint density at radius 3 is 2.60 bits per heavy atom. The molecule has 1 aromatic rings. The Morgan fingerprint density at radius 2 is 2.00 bits per heavy atom. The Kier molecular flexibility index (Phi) is 4.42. The number of rotatable bonds is 5. The highest BCUT2D eigenvalue weighted by Crippen LogP contribution is 2.38. The Hall–Kier alpha value is -1.84. The van der Waals surface area contributed by atoms with Crippen LogP contribution in [0.15, 0.2) is 24.3 Å². The van der Waals surface area contributed by atoms with Gasteiger partial charge in [0.2, 0.25) is 5.91 Å². The number of carbonyl (C=O) groups is 2. The molecule has 1 aliphatic rings. The molecule has 0 bridgehead atoms. The van der Waals surface area contributed by atoms with Gasteiger partial charge in [-0.15, -0.1) is 0 Å². The zero-order valence-electron chi connectivity index (χ0n) is 12.3. The summed E-state index contributed by atoms with van der Waals surface area (Å²) >= 11 is 0. The third-order valence-electron chi connectivity index (χ3n) is 3.87. The molecule has 0 aromatic heterocycles. The van der Waals surface area contributed by atoms with E-state index in [9.17, 15) is 9.59 Å². The first-order chi connectivity index (χ1) is 9.52. The number of nitrogens with one attached hydrogen (secondary N) is 2. The molecule has 1 saturated carbocycles. The summed E-state index contributed by atoms with van der Waals surface area (Å²) in [5, 5.41) is 5.80. The third kappa shape index (κ3) is 3.38. The summed E-state index contributed by atoms with van der Waals surface area (Å²) in [4.78, 5) is 24.2. The number of anilines is 1. The minimum atomic E-state index is -0.140. The van der Waals surface area contributed by atoms with Crippen LogP contribution in [0.5, 0.6) is 0 Å². The molecule has 3 atom stereocenters. The summed E-state index contributed by atoms with van der Waals surface area (Å²) in [6.07, 6.45) is 1.81. The lowest BCUT2D eigenvalue weighted by Gasteiger charge is -2.14. The molecule has 2 rings (SSSR count). The molecule has 0 heterocycles. The molecule has 20 heavy (non-hydrogen) atoms. The fourth-order valence-corrected chi connectivity index (χ4v) is 2.11. The van der Waals surface area contributed by atoms with Crippen LogP contribution < -0.4 is 10.6 Å². The van der Waals surface area contributed by atoms with Gasteiger partial charge in [-0.05, 0) is 37.8 Å². The molecule has 1 aliphatic carbocycles. The first-order valence-corrected chi connectivity index (χ1v) is 7.23. The molecule has 2 amide bonds. The summed E-state index contributed by atoms with van der Waals surface area (Å²) in [5.41, 5.74) is 1.12. The van der Waals surface area contributed by atoms with Crippen LogP contribution in [-0.2, 0) is 4.79 Å². The van der Waals surface area contributed by atoms with E-state index in [0.29, 0.717) is 17.2 Å². The SMILES string of the molecule is CCC(C)NC(=O)c1ccccc1NC(=O)C1CC1C. The molecule has 2 N–H and O–H groups in total. The maximum absolute atomic E-state index is 12.2. The smallest absolute Gasteiger partial charge is 0.253 e. The van der Waals surface area contributed by atoms with Crippen LogP contribution in [-0.4, -0.2) is 17.9 Å². The van der Waals surface area contributed by atoms with Crippen LogP contribution >= 0.6 is 0 Å². The van der Waals surface area contributed by atoms with E-state index in [1.807, 2.05) is 19.9 Å². The van der Waals surface area contributed by atoms with Crippen molar-refractivity contribution in [2.45, 2.75) is 39.7 Å². The van der Waals surface area contributed by atoms with E-state index < -0.39 is 0 Å². The predicted octanol–water partition coefficient (Wildman–Crippen LogP) is 2.81. The quantitative estimate of drug-likeness (QED) is 0.867. The Labute approximate surface area is 119 Å². The van der Waals surface area contributed by atoms with Gasteiger partial charge in [0.05, 0.1) is 11.3 Å². The van der Waals surface area contributed by atoms with Crippen molar-refractivity contribution in [3.8, 4) is 0 Å². The zero-order chi connectivity index (χ0) is 14.7. The monoisotopic (exact) mass is 274 g/mol. The maximum Gasteiger partial charge on any atom is 0.253 e. The van der Waals surface area contributed by atoms with Crippen molar-refractivity contribution in [2.24, 2.45) is 11.8 Å². The summed E-state index contributed by atoms with van der Waals surface area (Å²) in [5.74, 6) is 0.428. The third-order valence-corrected chi connectivity index (χ3v) is 3.87. The van der Waals surface area contributed by atoms with Gasteiger partial charge < -0.3 is 10.6 Å². The lowest BCUT2D eigenvalue weighted by Crippen LogP contribution is -2.32. The topological polar surface area (TPSA) is 58.2 Å². The number of benzene rings is 1. The van der Waals surface area contributed by atoms with Gasteiger partial charge in [-0.3, -0.25) is 9.59 Å². The second-order valence-electron chi connectivity index (χ2n) is 5.64. The fourth-order valence-electron chi connectivity index (χ4n) is 2.11.